The molecule has 1 aromatic carbocycles. The molecule has 1 rings (SSSR count). The third-order valence-corrected chi connectivity index (χ3v) is 4.55. The van der Waals surface area contributed by atoms with Crippen molar-refractivity contribution in [3.8, 4) is 0 Å². The number of halogens is 1. The van der Waals surface area contributed by atoms with Crippen LogP contribution in [0.4, 0.5) is 0 Å². The summed E-state index contributed by atoms with van der Waals surface area (Å²) >= 11 is 3.18. The fourth-order valence-electron chi connectivity index (χ4n) is 1.32. The summed E-state index contributed by atoms with van der Waals surface area (Å²) in [6.45, 7) is 0.146. The van der Waals surface area contributed by atoms with Crippen LogP contribution in [0.5, 0.6) is 0 Å². The lowest BCUT2D eigenvalue weighted by atomic mass is 10.1. The van der Waals surface area contributed by atoms with Gasteiger partial charge in [0, 0.05) is 11.6 Å². The maximum absolute atomic E-state index is 11.7. The molecule has 0 fully saturated rings. The van der Waals surface area contributed by atoms with Crippen molar-refractivity contribution in [2.75, 3.05) is 19.5 Å². The Hall–Kier alpha value is -0.920. The van der Waals surface area contributed by atoms with Gasteiger partial charge in [-0.25, -0.2) is 13.2 Å². The standard InChI is InChI=1S/C11H13BrO5S/c1-17-4-5-18(15,16)7-9-3-2-8(11(13)14)6-10(9)12/h2-3,6H,4-5,7H2,1H3,(H,13,14). The summed E-state index contributed by atoms with van der Waals surface area (Å²) < 4.78 is 28.6. The van der Waals surface area contributed by atoms with Crippen molar-refractivity contribution in [3.63, 3.8) is 0 Å². The van der Waals surface area contributed by atoms with Crippen LogP contribution in [-0.4, -0.2) is 39.0 Å². The van der Waals surface area contributed by atoms with Crippen LogP contribution in [0, 0.1) is 0 Å². The van der Waals surface area contributed by atoms with Crippen molar-refractivity contribution in [3.05, 3.63) is 33.8 Å². The maximum atomic E-state index is 11.7. The van der Waals surface area contributed by atoms with E-state index < -0.39 is 15.8 Å². The molecule has 0 saturated carbocycles. The molecule has 0 aromatic heterocycles. The summed E-state index contributed by atoms with van der Waals surface area (Å²) in [5.41, 5.74) is 0.649. The minimum absolute atomic E-state index is 0.0589. The van der Waals surface area contributed by atoms with Gasteiger partial charge in [0.2, 0.25) is 0 Å². The average molecular weight is 337 g/mol. The zero-order valence-electron chi connectivity index (χ0n) is 9.72. The molecule has 0 unspecified atom stereocenters. The number of carboxylic acids is 1. The fraction of sp³-hybridized carbons (Fsp3) is 0.364. The number of carboxylic acid groups (broad SMARTS) is 1. The first-order valence-corrected chi connectivity index (χ1v) is 7.68. The molecule has 0 amide bonds. The van der Waals surface area contributed by atoms with E-state index in [1.165, 1.54) is 25.3 Å². The van der Waals surface area contributed by atoms with Gasteiger partial charge in [0.05, 0.1) is 23.7 Å². The lowest BCUT2D eigenvalue weighted by Crippen LogP contribution is -2.14. The van der Waals surface area contributed by atoms with Crippen molar-refractivity contribution in [1.82, 2.24) is 0 Å². The molecule has 0 aliphatic heterocycles. The highest BCUT2D eigenvalue weighted by Crippen LogP contribution is 2.21. The van der Waals surface area contributed by atoms with Crippen LogP contribution in [0.15, 0.2) is 22.7 Å². The topological polar surface area (TPSA) is 80.7 Å². The molecule has 0 atom stereocenters. The van der Waals surface area contributed by atoms with Crippen molar-refractivity contribution in [2.45, 2.75) is 5.75 Å². The predicted molar refractivity (Wildman–Crippen MR) is 70.5 cm³/mol. The van der Waals surface area contributed by atoms with E-state index in [9.17, 15) is 13.2 Å². The Labute approximate surface area is 114 Å². The molecule has 18 heavy (non-hydrogen) atoms. The lowest BCUT2D eigenvalue weighted by molar-refractivity contribution is 0.0697. The SMILES string of the molecule is COCCS(=O)(=O)Cc1ccc(C(=O)O)cc1Br. The molecule has 7 heteroatoms. The Kier molecular flexibility index (Phi) is 5.30. The highest BCUT2D eigenvalue weighted by Gasteiger charge is 2.15. The summed E-state index contributed by atoms with van der Waals surface area (Å²) in [6, 6.07) is 4.27. The monoisotopic (exact) mass is 336 g/mol. The molecule has 0 spiro atoms. The van der Waals surface area contributed by atoms with Crippen LogP contribution in [0.2, 0.25) is 0 Å². The van der Waals surface area contributed by atoms with Gasteiger partial charge >= 0.3 is 5.97 Å². The van der Waals surface area contributed by atoms with Gasteiger partial charge < -0.3 is 9.84 Å². The number of sulfone groups is 1. The summed E-state index contributed by atoms with van der Waals surface area (Å²) in [5, 5.41) is 8.79. The van der Waals surface area contributed by atoms with Gasteiger partial charge in [0.15, 0.2) is 9.84 Å². The van der Waals surface area contributed by atoms with Crippen LogP contribution in [0.1, 0.15) is 15.9 Å². The molecule has 100 valence electrons. The van der Waals surface area contributed by atoms with Crippen LogP contribution >= 0.6 is 15.9 Å². The van der Waals surface area contributed by atoms with E-state index in [-0.39, 0.29) is 23.7 Å². The van der Waals surface area contributed by atoms with Crippen LogP contribution in [-0.2, 0) is 20.3 Å². The van der Waals surface area contributed by atoms with E-state index >= 15 is 0 Å². The van der Waals surface area contributed by atoms with Gasteiger partial charge in [-0.15, -0.1) is 0 Å². The quantitative estimate of drug-likeness (QED) is 0.855. The summed E-state index contributed by atoms with van der Waals surface area (Å²) in [7, 11) is -1.82. The van der Waals surface area contributed by atoms with Crippen LogP contribution < -0.4 is 0 Å². The number of rotatable bonds is 6. The molecule has 1 N–H and O–H groups in total. The smallest absolute Gasteiger partial charge is 0.335 e. The normalized spacial score (nSPS) is 11.4. The zero-order chi connectivity index (χ0) is 13.8. The van der Waals surface area contributed by atoms with Crippen molar-refractivity contribution < 1.29 is 23.1 Å². The minimum Gasteiger partial charge on any atom is -0.478 e. The van der Waals surface area contributed by atoms with E-state index in [4.69, 9.17) is 9.84 Å². The molecule has 0 aliphatic carbocycles. The van der Waals surface area contributed by atoms with Crippen LogP contribution in [0.25, 0.3) is 0 Å². The molecule has 0 radical (unpaired) electrons. The number of hydrogen-bond donors (Lipinski definition) is 1. The van der Waals surface area contributed by atoms with E-state index in [1.54, 1.807) is 0 Å². The largest absolute Gasteiger partial charge is 0.478 e. The fourth-order valence-corrected chi connectivity index (χ4v) is 3.31. The number of methoxy groups -OCH3 is 1. The Morgan fingerprint density at radius 2 is 2.11 bits per heavy atom. The molecular formula is C11H13BrO5S. The highest BCUT2D eigenvalue weighted by atomic mass is 79.9. The Bertz CT molecular complexity index is 538. The van der Waals surface area contributed by atoms with Crippen molar-refractivity contribution in [1.29, 1.82) is 0 Å². The first-order valence-electron chi connectivity index (χ1n) is 5.07. The maximum Gasteiger partial charge on any atom is 0.335 e. The average Bonchev–Trinajstić information content (AvgIpc) is 2.29. The number of ether oxygens (including phenoxy) is 1. The van der Waals surface area contributed by atoms with E-state index in [2.05, 4.69) is 15.9 Å². The van der Waals surface area contributed by atoms with Gasteiger partial charge in [0.25, 0.3) is 0 Å². The predicted octanol–water partition coefficient (Wildman–Crippen LogP) is 1.71. The van der Waals surface area contributed by atoms with Crippen molar-refractivity contribution in [2.24, 2.45) is 0 Å². The number of aromatic carboxylic acids is 1. The number of hydrogen-bond acceptors (Lipinski definition) is 4. The molecule has 1 aromatic rings. The molecule has 0 saturated heterocycles. The van der Waals surface area contributed by atoms with Gasteiger partial charge in [-0.3, -0.25) is 0 Å². The van der Waals surface area contributed by atoms with Gasteiger partial charge in [-0.05, 0) is 17.7 Å². The third kappa shape index (κ3) is 4.40. The Morgan fingerprint density at radius 3 is 2.61 bits per heavy atom. The molecule has 0 bridgehead atoms. The second-order valence-corrected chi connectivity index (χ2v) is 6.73. The van der Waals surface area contributed by atoms with E-state index in [0.29, 0.717) is 10.0 Å². The summed E-state index contributed by atoms with van der Waals surface area (Å²) in [4.78, 5) is 10.7. The first kappa shape index (κ1) is 15.1. The minimum atomic E-state index is -3.25. The second-order valence-electron chi connectivity index (χ2n) is 3.70. The van der Waals surface area contributed by atoms with E-state index in [0.717, 1.165) is 0 Å². The van der Waals surface area contributed by atoms with Gasteiger partial charge in [-0.2, -0.15) is 0 Å². The number of benzene rings is 1. The first-order chi connectivity index (χ1) is 8.35. The van der Waals surface area contributed by atoms with E-state index in [1.807, 2.05) is 0 Å². The summed E-state index contributed by atoms with van der Waals surface area (Å²) in [6.07, 6.45) is 0. The third-order valence-electron chi connectivity index (χ3n) is 2.27. The van der Waals surface area contributed by atoms with Gasteiger partial charge in [-0.1, -0.05) is 22.0 Å². The lowest BCUT2D eigenvalue weighted by Gasteiger charge is -2.07. The number of carbonyl (C=O) groups is 1. The van der Waals surface area contributed by atoms with Gasteiger partial charge in [0.1, 0.15) is 0 Å². The van der Waals surface area contributed by atoms with Crippen molar-refractivity contribution >= 4 is 31.7 Å². The summed E-state index contributed by atoms with van der Waals surface area (Å²) in [5.74, 6) is -1.25. The molecule has 5 nitrogen and oxygen atoms in total. The zero-order valence-corrected chi connectivity index (χ0v) is 12.1. The Balaban J connectivity index is 2.89. The Morgan fingerprint density at radius 1 is 1.44 bits per heavy atom. The highest BCUT2D eigenvalue weighted by molar-refractivity contribution is 9.10. The molecule has 0 aliphatic rings. The van der Waals surface area contributed by atoms with Crippen LogP contribution in [0.3, 0.4) is 0 Å². The molecular weight excluding hydrogens is 324 g/mol. The second kappa shape index (κ2) is 6.31. The molecule has 0 heterocycles.